The van der Waals surface area contributed by atoms with E-state index in [1.807, 2.05) is 23.1 Å². The molecule has 16 heavy (non-hydrogen) atoms. The Morgan fingerprint density at radius 3 is 2.88 bits per heavy atom. The van der Waals surface area contributed by atoms with Crippen LogP contribution in [0.15, 0.2) is 17.1 Å². The van der Waals surface area contributed by atoms with Crippen molar-refractivity contribution in [2.45, 2.75) is 45.0 Å². The molecule has 0 radical (unpaired) electrons. The van der Waals surface area contributed by atoms with E-state index in [2.05, 4.69) is 43.2 Å². The third kappa shape index (κ3) is 3.25. The van der Waals surface area contributed by atoms with E-state index in [4.69, 9.17) is 0 Å². The summed E-state index contributed by atoms with van der Waals surface area (Å²) < 4.78 is 0. The van der Waals surface area contributed by atoms with Gasteiger partial charge < -0.3 is 5.32 Å². The van der Waals surface area contributed by atoms with E-state index < -0.39 is 0 Å². The van der Waals surface area contributed by atoms with Crippen LogP contribution in [0.2, 0.25) is 0 Å². The fraction of sp³-hybridized carbons (Fsp3) is 0.583. The number of rotatable bonds is 2. The summed E-state index contributed by atoms with van der Waals surface area (Å²) in [5.74, 6) is 0. The average Bonchev–Trinajstić information content (AvgIpc) is 2.60. The van der Waals surface area contributed by atoms with Gasteiger partial charge in [-0.1, -0.05) is 18.7 Å². The summed E-state index contributed by atoms with van der Waals surface area (Å²) in [7, 11) is 0. The Hall–Kier alpha value is -0.480. The number of aliphatic imine (C=N–C) groups is 1. The lowest BCUT2D eigenvalue weighted by molar-refractivity contribution is 0.597. The minimum Gasteiger partial charge on any atom is -0.362 e. The zero-order chi connectivity index (χ0) is 11.5. The molecule has 88 valence electrons. The molecule has 2 heterocycles. The molecule has 1 N–H and O–H groups in total. The summed E-state index contributed by atoms with van der Waals surface area (Å²) >= 11 is 3.69. The number of hydrogen-bond donors (Lipinski definition) is 1. The van der Waals surface area contributed by atoms with Crippen molar-refractivity contribution in [2.24, 2.45) is 4.99 Å². The van der Waals surface area contributed by atoms with E-state index in [-0.39, 0.29) is 0 Å². The van der Waals surface area contributed by atoms with Gasteiger partial charge in [-0.2, -0.15) is 0 Å². The molecule has 1 aromatic rings. The van der Waals surface area contributed by atoms with Crippen LogP contribution in [-0.4, -0.2) is 16.5 Å². The van der Waals surface area contributed by atoms with Gasteiger partial charge in [0.15, 0.2) is 5.17 Å². The minimum atomic E-state index is 0.556. The summed E-state index contributed by atoms with van der Waals surface area (Å²) in [6, 6.07) is 4.89. The highest BCUT2D eigenvalue weighted by Gasteiger charge is 2.19. The van der Waals surface area contributed by atoms with E-state index in [9.17, 15) is 0 Å². The number of nitrogens with zero attached hydrogens (tertiary/aromatic N) is 1. The zero-order valence-electron chi connectivity index (χ0n) is 9.99. The van der Waals surface area contributed by atoms with Crippen molar-refractivity contribution in [1.29, 1.82) is 0 Å². The summed E-state index contributed by atoms with van der Waals surface area (Å²) in [6.07, 6.45) is 1.22. The quantitative estimate of drug-likeness (QED) is 0.874. The average molecular weight is 254 g/mol. The Balaban J connectivity index is 1.96. The first-order valence-corrected chi connectivity index (χ1v) is 7.36. The van der Waals surface area contributed by atoms with Crippen molar-refractivity contribution >= 4 is 28.3 Å². The van der Waals surface area contributed by atoms with Gasteiger partial charge in [0.1, 0.15) is 0 Å². The summed E-state index contributed by atoms with van der Waals surface area (Å²) in [5.41, 5.74) is 0. The molecule has 2 rings (SSSR count). The predicted molar refractivity (Wildman–Crippen MR) is 74.5 cm³/mol. The normalized spacial score (nSPS) is 28.1. The molecule has 4 heteroatoms. The molecule has 0 amide bonds. The van der Waals surface area contributed by atoms with E-state index in [0.717, 1.165) is 11.7 Å². The summed E-state index contributed by atoms with van der Waals surface area (Å²) in [4.78, 5) is 7.35. The molecule has 2 atom stereocenters. The van der Waals surface area contributed by atoms with Gasteiger partial charge in [0, 0.05) is 21.0 Å². The van der Waals surface area contributed by atoms with Gasteiger partial charge in [0.25, 0.3) is 0 Å². The van der Waals surface area contributed by atoms with Gasteiger partial charge in [0.05, 0.1) is 6.54 Å². The number of hydrogen-bond acceptors (Lipinski definition) is 3. The largest absolute Gasteiger partial charge is 0.362 e. The van der Waals surface area contributed by atoms with Gasteiger partial charge in [-0.15, -0.1) is 11.3 Å². The molecule has 1 saturated heterocycles. The van der Waals surface area contributed by atoms with E-state index in [1.54, 1.807) is 0 Å². The van der Waals surface area contributed by atoms with Gasteiger partial charge in [-0.05, 0) is 32.4 Å². The van der Waals surface area contributed by atoms with Crippen molar-refractivity contribution in [2.75, 3.05) is 0 Å². The molecule has 0 aliphatic carbocycles. The lowest BCUT2D eigenvalue weighted by Crippen LogP contribution is -2.38. The lowest BCUT2D eigenvalue weighted by Gasteiger charge is -2.26. The third-order valence-electron chi connectivity index (χ3n) is 2.54. The Kier molecular flexibility index (Phi) is 3.92. The monoisotopic (exact) mass is 254 g/mol. The maximum atomic E-state index is 4.65. The number of amidine groups is 1. The first kappa shape index (κ1) is 12.0. The Morgan fingerprint density at radius 2 is 2.25 bits per heavy atom. The third-order valence-corrected chi connectivity index (χ3v) is 4.59. The first-order valence-electron chi connectivity index (χ1n) is 5.66. The van der Waals surface area contributed by atoms with Gasteiger partial charge in [-0.25, -0.2) is 0 Å². The number of thioether (sulfide) groups is 1. The van der Waals surface area contributed by atoms with E-state index in [1.165, 1.54) is 16.2 Å². The fourth-order valence-electron chi connectivity index (χ4n) is 1.84. The maximum absolute atomic E-state index is 4.65. The van der Waals surface area contributed by atoms with Crippen LogP contribution in [0, 0.1) is 6.92 Å². The molecular weight excluding hydrogens is 236 g/mol. The van der Waals surface area contributed by atoms with Crippen LogP contribution in [0.5, 0.6) is 0 Å². The van der Waals surface area contributed by atoms with E-state index >= 15 is 0 Å². The van der Waals surface area contributed by atoms with Crippen LogP contribution in [0.3, 0.4) is 0 Å². The smallest absolute Gasteiger partial charge is 0.157 e. The molecule has 0 saturated carbocycles. The highest BCUT2D eigenvalue weighted by molar-refractivity contribution is 8.14. The SMILES string of the molecule is Cc1ccc(CN=C2NC(C)CC(C)S2)s1. The standard InChI is InChI=1S/C12H18N2S2/c1-8-6-10(3)16-12(14-8)13-7-11-5-4-9(2)15-11/h4-5,8,10H,6-7H2,1-3H3,(H,13,14). The highest BCUT2D eigenvalue weighted by atomic mass is 32.2. The minimum absolute atomic E-state index is 0.556. The second-order valence-electron chi connectivity index (χ2n) is 4.34. The van der Waals surface area contributed by atoms with E-state index in [0.29, 0.717) is 11.3 Å². The molecular formula is C12H18N2S2. The Morgan fingerprint density at radius 1 is 1.44 bits per heavy atom. The Labute approximate surface area is 106 Å². The second kappa shape index (κ2) is 5.23. The molecule has 1 aromatic heterocycles. The molecule has 2 unspecified atom stereocenters. The molecule has 2 nitrogen and oxygen atoms in total. The molecule has 1 aliphatic heterocycles. The maximum Gasteiger partial charge on any atom is 0.157 e. The van der Waals surface area contributed by atoms with Crippen molar-refractivity contribution in [3.05, 3.63) is 21.9 Å². The van der Waals surface area contributed by atoms with Crippen LogP contribution in [0.1, 0.15) is 30.0 Å². The van der Waals surface area contributed by atoms with Crippen LogP contribution in [0.4, 0.5) is 0 Å². The fourth-order valence-corrected chi connectivity index (χ4v) is 3.83. The molecule has 0 bridgehead atoms. The highest BCUT2D eigenvalue weighted by Crippen LogP contribution is 2.23. The summed E-state index contributed by atoms with van der Waals surface area (Å²) in [6.45, 7) is 7.44. The first-order chi connectivity index (χ1) is 7.63. The molecule has 1 fully saturated rings. The molecule has 0 spiro atoms. The van der Waals surface area contributed by atoms with Gasteiger partial charge >= 0.3 is 0 Å². The number of nitrogens with one attached hydrogen (secondary N) is 1. The van der Waals surface area contributed by atoms with Crippen LogP contribution in [0.25, 0.3) is 0 Å². The van der Waals surface area contributed by atoms with Crippen molar-refractivity contribution in [1.82, 2.24) is 5.32 Å². The number of aryl methyl sites for hydroxylation is 1. The van der Waals surface area contributed by atoms with Crippen molar-refractivity contribution in [3.63, 3.8) is 0 Å². The van der Waals surface area contributed by atoms with Gasteiger partial charge in [0.2, 0.25) is 0 Å². The van der Waals surface area contributed by atoms with Crippen LogP contribution in [-0.2, 0) is 6.54 Å². The van der Waals surface area contributed by atoms with Crippen LogP contribution >= 0.6 is 23.1 Å². The number of thiophene rings is 1. The van der Waals surface area contributed by atoms with Gasteiger partial charge in [-0.3, -0.25) is 4.99 Å². The molecule has 1 aliphatic rings. The second-order valence-corrected chi connectivity index (χ2v) is 7.14. The van der Waals surface area contributed by atoms with Crippen LogP contribution < -0.4 is 5.32 Å². The predicted octanol–water partition coefficient (Wildman–Crippen LogP) is 3.42. The zero-order valence-corrected chi connectivity index (χ0v) is 11.6. The molecule has 0 aromatic carbocycles. The topological polar surface area (TPSA) is 24.4 Å². The Bertz CT molecular complexity index is 372. The summed E-state index contributed by atoms with van der Waals surface area (Å²) in [5, 5.41) is 5.23. The van der Waals surface area contributed by atoms with Crippen molar-refractivity contribution in [3.8, 4) is 0 Å². The van der Waals surface area contributed by atoms with Crippen molar-refractivity contribution < 1.29 is 0 Å². The lowest BCUT2D eigenvalue weighted by atomic mass is 10.2.